The molecule has 0 amide bonds. The maximum absolute atomic E-state index is 14.2. The molecule has 1 N–H and O–H groups in total. The number of benzene rings is 1. The Balaban J connectivity index is 2.32. The van der Waals surface area contributed by atoms with Gasteiger partial charge in [-0.2, -0.15) is 0 Å². The normalized spacial score (nSPS) is 17.2. The van der Waals surface area contributed by atoms with Crippen molar-refractivity contribution in [2.75, 3.05) is 26.2 Å². The van der Waals surface area contributed by atoms with Crippen LogP contribution in [0.4, 0.5) is 4.39 Å². The number of rotatable bonds is 3. The second-order valence-corrected chi connectivity index (χ2v) is 6.58. The molecular formula is C14H17BrClFN2O. The molecule has 1 saturated heterocycles. The summed E-state index contributed by atoms with van der Waals surface area (Å²) in [4.78, 5) is 14.7. The van der Waals surface area contributed by atoms with Gasteiger partial charge in [-0.3, -0.25) is 9.69 Å². The van der Waals surface area contributed by atoms with Crippen LogP contribution in [0, 0.1) is 5.82 Å². The van der Waals surface area contributed by atoms with E-state index in [0.717, 1.165) is 26.2 Å². The molecule has 1 fully saturated rings. The number of ketones is 1. The molecule has 0 atom stereocenters. The average Bonchev–Trinajstić information content (AvgIpc) is 2.45. The SMILES string of the molecule is CC(C)(C(=O)c1ccc(Br)c(Cl)c1F)N1CCNCC1. The molecule has 0 aromatic heterocycles. The molecule has 1 aromatic rings. The van der Waals surface area contributed by atoms with Gasteiger partial charge in [-0.15, -0.1) is 0 Å². The first-order valence-corrected chi connectivity index (χ1v) is 7.67. The van der Waals surface area contributed by atoms with E-state index >= 15 is 0 Å². The van der Waals surface area contributed by atoms with Crippen molar-refractivity contribution in [2.45, 2.75) is 19.4 Å². The molecule has 0 aliphatic carbocycles. The minimum atomic E-state index is -0.750. The van der Waals surface area contributed by atoms with E-state index in [4.69, 9.17) is 11.6 Å². The summed E-state index contributed by atoms with van der Waals surface area (Å²) in [7, 11) is 0. The molecule has 0 saturated carbocycles. The van der Waals surface area contributed by atoms with Gasteiger partial charge in [0.25, 0.3) is 0 Å². The van der Waals surface area contributed by atoms with Gasteiger partial charge in [-0.05, 0) is 41.9 Å². The lowest BCUT2D eigenvalue weighted by atomic mass is 9.90. The molecule has 6 heteroatoms. The Hall–Kier alpha value is -0.490. The molecule has 0 unspecified atom stereocenters. The Morgan fingerprint density at radius 1 is 1.40 bits per heavy atom. The molecular weight excluding hydrogens is 347 g/mol. The molecule has 2 rings (SSSR count). The van der Waals surface area contributed by atoms with E-state index in [2.05, 4.69) is 26.1 Å². The van der Waals surface area contributed by atoms with Gasteiger partial charge >= 0.3 is 0 Å². The van der Waals surface area contributed by atoms with Crippen LogP contribution in [0.2, 0.25) is 5.02 Å². The summed E-state index contributed by atoms with van der Waals surface area (Å²) in [6.45, 7) is 6.86. The summed E-state index contributed by atoms with van der Waals surface area (Å²) in [5.41, 5.74) is -0.707. The second kappa shape index (κ2) is 6.10. The van der Waals surface area contributed by atoms with Crippen LogP contribution in [0.1, 0.15) is 24.2 Å². The smallest absolute Gasteiger partial charge is 0.185 e. The molecule has 20 heavy (non-hydrogen) atoms. The number of Topliss-reactive ketones (excluding diaryl/α,β-unsaturated/α-hetero) is 1. The molecule has 0 spiro atoms. The summed E-state index contributed by atoms with van der Waals surface area (Å²) >= 11 is 9.02. The van der Waals surface area contributed by atoms with E-state index in [1.165, 1.54) is 6.07 Å². The number of carbonyl (C=O) groups is 1. The molecule has 0 radical (unpaired) electrons. The van der Waals surface area contributed by atoms with Crippen LogP contribution in [0.25, 0.3) is 0 Å². The fourth-order valence-electron chi connectivity index (χ4n) is 2.40. The third kappa shape index (κ3) is 2.91. The van der Waals surface area contributed by atoms with Gasteiger partial charge in [0.1, 0.15) is 0 Å². The van der Waals surface area contributed by atoms with Crippen LogP contribution in [0.15, 0.2) is 16.6 Å². The van der Waals surface area contributed by atoms with Crippen LogP contribution in [0.3, 0.4) is 0 Å². The summed E-state index contributed by atoms with van der Waals surface area (Å²) in [6, 6.07) is 3.09. The second-order valence-electron chi connectivity index (χ2n) is 5.35. The van der Waals surface area contributed by atoms with E-state index in [1.54, 1.807) is 6.07 Å². The highest BCUT2D eigenvalue weighted by atomic mass is 79.9. The fourth-order valence-corrected chi connectivity index (χ4v) is 2.87. The highest BCUT2D eigenvalue weighted by molar-refractivity contribution is 9.10. The standard InChI is InChI=1S/C14H17BrClFN2O/c1-14(2,19-7-5-18-6-8-19)13(20)9-3-4-10(15)11(16)12(9)17/h3-4,18H,5-8H2,1-2H3. The minimum Gasteiger partial charge on any atom is -0.314 e. The fraction of sp³-hybridized carbons (Fsp3) is 0.500. The number of nitrogens with zero attached hydrogens (tertiary/aromatic N) is 1. The molecule has 1 aromatic carbocycles. The van der Waals surface area contributed by atoms with Crippen LogP contribution in [-0.2, 0) is 0 Å². The van der Waals surface area contributed by atoms with Gasteiger partial charge in [-0.1, -0.05) is 11.6 Å². The first-order valence-electron chi connectivity index (χ1n) is 6.49. The summed E-state index contributed by atoms with van der Waals surface area (Å²) in [5.74, 6) is -0.902. The number of hydrogen-bond acceptors (Lipinski definition) is 3. The Labute approximate surface area is 131 Å². The maximum atomic E-state index is 14.2. The number of carbonyl (C=O) groups excluding carboxylic acids is 1. The van der Waals surface area contributed by atoms with E-state index in [-0.39, 0.29) is 16.4 Å². The Kier molecular flexibility index (Phi) is 4.84. The number of piperazine rings is 1. The molecule has 1 aliphatic rings. The van der Waals surface area contributed by atoms with Crippen molar-refractivity contribution in [1.82, 2.24) is 10.2 Å². The van der Waals surface area contributed by atoms with Gasteiger partial charge in [0.2, 0.25) is 0 Å². The zero-order valence-electron chi connectivity index (χ0n) is 11.5. The van der Waals surface area contributed by atoms with E-state index in [0.29, 0.717) is 4.47 Å². The lowest BCUT2D eigenvalue weighted by molar-refractivity contribution is 0.0598. The van der Waals surface area contributed by atoms with Crippen LogP contribution < -0.4 is 5.32 Å². The molecule has 110 valence electrons. The Morgan fingerprint density at radius 3 is 2.60 bits per heavy atom. The third-order valence-electron chi connectivity index (χ3n) is 3.74. The highest BCUT2D eigenvalue weighted by Crippen LogP contribution is 2.30. The van der Waals surface area contributed by atoms with E-state index in [1.807, 2.05) is 13.8 Å². The zero-order chi connectivity index (χ0) is 14.9. The van der Waals surface area contributed by atoms with Gasteiger partial charge in [0.15, 0.2) is 11.6 Å². The lowest BCUT2D eigenvalue weighted by Crippen LogP contribution is -2.57. The number of nitrogens with one attached hydrogen (secondary N) is 1. The maximum Gasteiger partial charge on any atom is 0.185 e. The quantitative estimate of drug-likeness (QED) is 0.661. The van der Waals surface area contributed by atoms with Crippen molar-refractivity contribution in [3.63, 3.8) is 0 Å². The summed E-state index contributed by atoms with van der Waals surface area (Å²) in [5, 5.41) is 3.19. The first kappa shape index (κ1) is 15.9. The van der Waals surface area contributed by atoms with Gasteiger partial charge < -0.3 is 5.32 Å². The molecule has 1 heterocycles. The minimum absolute atomic E-state index is 0.0433. The highest BCUT2D eigenvalue weighted by Gasteiger charge is 2.37. The predicted molar refractivity (Wildman–Crippen MR) is 82.0 cm³/mol. The van der Waals surface area contributed by atoms with Crippen LogP contribution in [-0.4, -0.2) is 42.4 Å². The van der Waals surface area contributed by atoms with Gasteiger partial charge in [-0.25, -0.2) is 4.39 Å². The monoisotopic (exact) mass is 362 g/mol. The average molecular weight is 364 g/mol. The van der Waals surface area contributed by atoms with Gasteiger partial charge in [0, 0.05) is 30.7 Å². The topological polar surface area (TPSA) is 32.3 Å². The number of hydrogen-bond donors (Lipinski definition) is 1. The van der Waals surface area contributed by atoms with E-state index < -0.39 is 11.4 Å². The van der Waals surface area contributed by atoms with Crippen molar-refractivity contribution in [2.24, 2.45) is 0 Å². The summed E-state index contributed by atoms with van der Waals surface area (Å²) < 4.78 is 14.6. The van der Waals surface area contributed by atoms with Crippen molar-refractivity contribution in [1.29, 1.82) is 0 Å². The third-order valence-corrected chi connectivity index (χ3v) is 5.00. The van der Waals surface area contributed by atoms with Crippen molar-refractivity contribution < 1.29 is 9.18 Å². The summed E-state index contributed by atoms with van der Waals surface area (Å²) in [6.07, 6.45) is 0. The zero-order valence-corrected chi connectivity index (χ0v) is 13.8. The molecule has 1 aliphatic heterocycles. The first-order chi connectivity index (χ1) is 9.35. The largest absolute Gasteiger partial charge is 0.314 e. The number of halogens is 3. The van der Waals surface area contributed by atoms with Crippen molar-refractivity contribution in [3.8, 4) is 0 Å². The Bertz CT molecular complexity index is 530. The Morgan fingerprint density at radius 2 is 2.00 bits per heavy atom. The molecule has 3 nitrogen and oxygen atoms in total. The van der Waals surface area contributed by atoms with Crippen molar-refractivity contribution >= 4 is 33.3 Å². The predicted octanol–water partition coefficient (Wildman–Crippen LogP) is 3.11. The van der Waals surface area contributed by atoms with Crippen LogP contribution in [0.5, 0.6) is 0 Å². The van der Waals surface area contributed by atoms with Gasteiger partial charge in [0.05, 0.1) is 16.1 Å². The van der Waals surface area contributed by atoms with Crippen LogP contribution >= 0.6 is 27.5 Å². The lowest BCUT2D eigenvalue weighted by Gasteiger charge is -2.40. The van der Waals surface area contributed by atoms with E-state index in [9.17, 15) is 9.18 Å². The molecule has 0 bridgehead atoms. The van der Waals surface area contributed by atoms with Crippen molar-refractivity contribution in [3.05, 3.63) is 33.0 Å².